The van der Waals surface area contributed by atoms with Crippen LogP contribution in [-0.4, -0.2) is 19.2 Å². The lowest BCUT2D eigenvalue weighted by Gasteiger charge is -2.36. The Balaban J connectivity index is 1.77. The third-order valence-corrected chi connectivity index (χ3v) is 5.02. The lowest BCUT2D eigenvalue weighted by atomic mass is 9.94. The van der Waals surface area contributed by atoms with E-state index in [-0.39, 0.29) is 12.6 Å². The van der Waals surface area contributed by atoms with Crippen LogP contribution in [0.1, 0.15) is 37.7 Å². The summed E-state index contributed by atoms with van der Waals surface area (Å²) in [6, 6.07) is 11.0. The van der Waals surface area contributed by atoms with Crippen molar-refractivity contribution in [3.05, 3.63) is 59.2 Å². The molecule has 0 saturated heterocycles. The summed E-state index contributed by atoms with van der Waals surface area (Å²) in [5.74, 6) is -8.02. The van der Waals surface area contributed by atoms with Gasteiger partial charge in [-0.3, -0.25) is 0 Å². The summed E-state index contributed by atoms with van der Waals surface area (Å²) in [6.45, 7) is 0.140. The van der Waals surface area contributed by atoms with E-state index in [1.165, 1.54) is 6.42 Å². The van der Waals surface area contributed by atoms with Crippen molar-refractivity contribution >= 4 is 5.69 Å². The molecule has 3 rings (SSSR count). The molecule has 1 saturated carbocycles. The molecule has 0 spiro atoms. The highest BCUT2D eigenvalue weighted by atomic mass is 19.2. The summed E-state index contributed by atoms with van der Waals surface area (Å²) in [4.78, 5) is 2.10. The molecule has 1 fully saturated rings. The first-order chi connectivity index (χ1) is 13.5. The maximum Gasteiger partial charge on any atom is 0.205 e. The molecule has 2 aromatic carbocycles. The summed E-state index contributed by atoms with van der Waals surface area (Å²) >= 11 is 0. The topological polar surface area (TPSA) is 36.3 Å². The van der Waals surface area contributed by atoms with Crippen LogP contribution in [0.15, 0.2) is 30.3 Å². The SMILES string of the molecule is N#Cc1c(F)c(F)c(OCCN(c2ccccc2)C2CCCCC2)c(F)c1F. The van der Waals surface area contributed by atoms with Crippen LogP contribution in [0, 0.1) is 34.6 Å². The van der Waals surface area contributed by atoms with Gasteiger partial charge in [0.15, 0.2) is 17.4 Å². The smallest absolute Gasteiger partial charge is 0.205 e. The number of para-hydroxylation sites is 1. The third-order valence-electron chi connectivity index (χ3n) is 5.02. The lowest BCUT2D eigenvalue weighted by molar-refractivity contribution is 0.269. The second kappa shape index (κ2) is 8.96. The van der Waals surface area contributed by atoms with Crippen molar-refractivity contribution in [2.24, 2.45) is 0 Å². The van der Waals surface area contributed by atoms with Gasteiger partial charge in [0.05, 0.1) is 6.54 Å². The second-order valence-corrected chi connectivity index (χ2v) is 6.74. The molecular weight excluding hydrogens is 372 g/mol. The highest BCUT2D eigenvalue weighted by molar-refractivity contribution is 5.47. The van der Waals surface area contributed by atoms with Crippen molar-refractivity contribution in [2.75, 3.05) is 18.1 Å². The van der Waals surface area contributed by atoms with Gasteiger partial charge in [0, 0.05) is 11.7 Å². The van der Waals surface area contributed by atoms with Gasteiger partial charge >= 0.3 is 0 Å². The Morgan fingerprint density at radius 1 is 0.929 bits per heavy atom. The van der Waals surface area contributed by atoms with Crippen LogP contribution in [0.2, 0.25) is 0 Å². The molecule has 0 bridgehead atoms. The Bertz CT molecular complexity index is 832. The largest absolute Gasteiger partial charge is 0.486 e. The third kappa shape index (κ3) is 4.06. The molecule has 0 radical (unpaired) electrons. The maximum atomic E-state index is 14.0. The van der Waals surface area contributed by atoms with E-state index in [1.807, 2.05) is 30.3 Å². The summed E-state index contributed by atoms with van der Waals surface area (Å²) in [5.41, 5.74) is -0.341. The van der Waals surface area contributed by atoms with Crippen molar-refractivity contribution in [1.82, 2.24) is 0 Å². The van der Waals surface area contributed by atoms with Crippen molar-refractivity contribution < 1.29 is 22.3 Å². The minimum absolute atomic E-state index is 0.163. The average molecular weight is 392 g/mol. The van der Waals surface area contributed by atoms with Gasteiger partial charge in [0.1, 0.15) is 18.2 Å². The Morgan fingerprint density at radius 2 is 1.54 bits per heavy atom. The number of ether oxygens (including phenoxy) is 1. The van der Waals surface area contributed by atoms with Gasteiger partial charge < -0.3 is 9.64 Å². The molecule has 3 nitrogen and oxygen atoms in total. The van der Waals surface area contributed by atoms with Crippen LogP contribution in [0.25, 0.3) is 0 Å². The van der Waals surface area contributed by atoms with E-state index < -0.39 is 34.6 Å². The van der Waals surface area contributed by atoms with Crippen LogP contribution >= 0.6 is 0 Å². The highest BCUT2D eigenvalue weighted by Gasteiger charge is 2.27. The highest BCUT2D eigenvalue weighted by Crippen LogP contribution is 2.30. The molecule has 0 heterocycles. The lowest BCUT2D eigenvalue weighted by Crippen LogP contribution is -2.39. The molecular formula is C21H20F4N2O. The number of nitrogens with zero attached hydrogens (tertiary/aromatic N) is 2. The van der Waals surface area contributed by atoms with Crippen molar-refractivity contribution in [3.8, 4) is 11.8 Å². The monoisotopic (exact) mass is 392 g/mol. The first kappa shape index (κ1) is 20.0. The van der Waals surface area contributed by atoms with E-state index in [1.54, 1.807) is 0 Å². The fourth-order valence-electron chi connectivity index (χ4n) is 3.62. The minimum Gasteiger partial charge on any atom is -0.486 e. The number of hydrogen-bond acceptors (Lipinski definition) is 3. The van der Waals surface area contributed by atoms with Gasteiger partial charge in [-0.05, 0) is 25.0 Å². The number of benzene rings is 2. The zero-order valence-electron chi connectivity index (χ0n) is 15.2. The second-order valence-electron chi connectivity index (χ2n) is 6.74. The first-order valence-electron chi connectivity index (χ1n) is 9.25. The molecule has 0 amide bonds. The molecule has 0 unspecified atom stereocenters. The van der Waals surface area contributed by atoms with E-state index in [0.717, 1.165) is 37.4 Å². The number of halogens is 4. The minimum atomic E-state index is -1.75. The van der Waals surface area contributed by atoms with E-state index >= 15 is 0 Å². The number of nitriles is 1. The fraction of sp³-hybridized carbons (Fsp3) is 0.381. The molecule has 0 N–H and O–H groups in total. The van der Waals surface area contributed by atoms with Crippen molar-refractivity contribution in [2.45, 2.75) is 38.1 Å². The predicted molar refractivity (Wildman–Crippen MR) is 97.1 cm³/mol. The zero-order valence-corrected chi connectivity index (χ0v) is 15.2. The summed E-state index contributed by atoms with van der Waals surface area (Å²) in [6.07, 6.45) is 5.37. The summed E-state index contributed by atoms with van der Waals surface area (Å²) < 4.78 is 60.6. The Hall–Kier alpha value is -2.75. The van der Waals surface area contributed by atoms with Crippen LogP contribution < -0.4 is 9.64 Å². The first-order valence-corrected chi connectivity index (χ1v) is 9.25. The van der Waals surface area contributed by atoms with Crippen molar-refractivity contribution in [1.29, 1.82) is 5.26 Å². The molecule has 0 aliphatic heterocycles. The van der Waals surface area contributed by atoms with E-state index in [4.69, 9.17) is 10.00 Å². The molecule has 1 aliphatic rings. The Kier molecular flexibility index (Phi) is 6.40. The van der Waals surface area contributed by atoms with Gasteiger partial charge in [-0.1, -0.05) is 37.5 Å². The Labute approximate surface area is 161 Å². The Morgan fingerprint density at radius 3 is 2.11 bits per heavy atom. The van der Waals surface area contributed by atoms with E-state index in [0.29, 0.717) is 6.54 Å². The summed E-state index contributed by atoms with van der Waals surface area (Å²) in [5, 5.41) is 8.65. The standard InChI is InChI=1S/C21H20F4N2O/c22-17-16(13-26)18(23)20(25)21(19(17)24)28-12-11-27(14-7-3-1-4-8-14)15-9-5-2-6-10-15/h1,3-4,7-8,15H,2,5-6,9-12H2. The number of anilines is 1. The van der Waals surface area contributed by atoms with Crippen LogP contribution in [0.4, 0.5) is 23.2 Å². The molecule has 7 heteroatoms. The predicted octanol–water partition coefficient (Wildman–Crippen LogP) is 5.33. The fourth-order valence-corrected chi connectivity index (χ4v) is 3.62. The quantitative estimate of drug-likeness (QED) is 0.492. The van der Waals surface area contributed by atoms with Gasteiger partial charge in [-0.15, -0.1) is 0 Å². The molecule has 2 aromatic rings. The van der Waals surface area contributed by atoms with Crippen LogP contribution in [0.5, 0.6) is 5.75 Å². The number of hydrogen-bond donors (Lipinski definition) is 0. The van der Waals surface area contributed by atoms with E-state index in [9.17, 15) is 17.6 Å². The van der Waals surface area contributed by atoms with Crippen LogP contribution in [0.3, 0.4) is 0 Å². The van der Waals surface area contributed by atoms with Crippen LogP contribution in [-0.2, 0) is 0 Å². The van der Waals surface area contributed by atoms with Gasteiger partial charge in [-0.2, -0.15) is 14.0 Å². The average Bonchev–Trinajstić information content (AvgIpc) is 2.73. The van der Waals surface area contributed by atoms with Gasteiger partial charge in [-0.25, -0.2) is 8.78 Å². The number of rotatable bonds is 6. The molecule has 0 aromatic heterocycles. The molecule has 1 aliphatic carbocycles. The van der Waals surface area contributed by atoms with Gasteiger partial charge in [0.25, 0.3) is 0 Å². The maximum absolute atomic E-state index is 14.0. The normalized spacial score (nSPS) is 14.5. The van der Waals surface area contributed by atoms with E-state index in [2.05, 4.69) is 4.90 Å². The van der Waals surface area contributed by atoms with Crippen molar-refractivity contribution in [3.63, 3.8) is 0 Å². The molecule has 0 atom stereocenters. The molecule has 148 valence electrons. The zero-order chi connectivity index (χ0) is 20.1. The molecule has 28 heavy (non-hydrogen) atoms. The van der Waals surface area contributed by atoms with Gasteiger partial charge in [0.2, 0.25) is 11.6 Å². The summed E-state index contributed by atoms with van der Waals surface area (Å²) in [7, 11) is 0.